The van der Waals surface area contributed by atoms with Gasteiger partial charge in [-0.05, 0) is 40.2 Å². The van der Waals surface area contributed by atoms with E-state index in [0.717, 1.165) is 10.5 Å². The van der Waals surface area contributed by atoms with Gasteiger partial charge in [0.1, 0.15) is 5.82 Å². The maximum Gasteiger partial charge on any atom is 0.417 e. The Bertz CT molecular complexity index is 954. The number of alkyl halides is 3. The van der Waals surface area contributed by atoms with Crippen molar-refractivity contribution in [1.82, 2.24) is 14.6 Å². The van der Waals surface area contributed by atoms with Crippen molar-refractivity contribution in [2.45, 2.75) is 6.18 Å². The number of amides is 1. The highest BCUT2D eigenvalue weighted by Crippen LogP contribution is 2.32. The van der Waals surface area contributed by atoms with Crippen LogP contribution < -0.4 is 10.6 Å². The van der Waals surface area contributed by atoms with Crippen LogP contribution in [0.4, 0.5) is 24.7 Å². The number of rotatable bonds is 3. The Balaban J connectivity index is 1.93. The smallest absolute Gasteiger partial charge is 0.371 e. The molecule has 3 rings (SSSR count). The number of carbonyl (C=O) groups excluding carboxylic acids is 1. The third-order valence-corrected chi connectivity index (χ3v) is 3.83. The number of nitrogens with one attached hydrogen (secondary N) is 2. The Morgan fingerprint density at radius 3 is 2.72 bits per heavy atom. The highest BCUT2D eigenvalue weighted by atomic mass is 79.9. The van der Waals surface area contributed by atoms with E-state index in [1.807, 2.05) is 0 Å². The maximum atomic E-state index is 12.8. The monoisotopic (exact) mass is 413 g/mol. The average Bonchev–Trinajstić information content (AvgIpc) is 2.97. The van der Waals surface area contributed by atoms with Crippen LogP contribution in [-0.2, 0) is 6.18 Å². The van der Waals surface area contributed by atoms with Crippen LogP contribution in [0, 0.1) is 0 Å². The summed E-state index contributed by atoms with van der Waals surface area (Å²) < 4.78 is 40.8. The molecule has 0 aromatic carbocycles. The van der Waals surface area contributed by atoms with E-state index < -0.39 is 17.6 Å². The van der Waals surface area contributed by atoms with Crippen molar-refractivity contribution < 1.29 is 18.0 Å². The van der Waals surface area contributed by atoms with Gasteiger partial charge in [0.2, 0.25) is 0 Å². The summed E-state index contributed by atoms with van der Waals surface area (Å²) >= 11 is 3.29. The molecule has 25 heavy (non-hydrogen) atoms. The van der Waals surface area contributed by atoms with Gasteiger partial charge in [0.25, 0.3) is 5.91 Å². The summed E-state index contributed by atoms with van der Waals surface area (Å²) in [5.74, 6) is -0.523. The van der Waals surface area contributed by atoms with Crippen LogP contribution in [0.25, 0.3) is 5.52 Å². The van der Waals surface area contributed by atoms with Gasteiger partial charge in [-0.3, -0.25) is 4.79 Å². The van der Waals surface area contributed by atoms with E-state index in [1.54, 1.807) is 18.3 Å². The first-order valence-electron chi connectivity index (χ1n) is 6.99. The van der Waals surface area contributed by atoms with Crippen molar-refractivity contribution >= 4 is 38.9 Å². The zero-order chi connectivity index (χ0) is 18.2. The largest absolute Gasteiger partial charge is 0.417 e. The predicted molar refractivity (Wildman–Crippen MR) is 89.6 cm³/mol. The summed E-state index contributed by atoms with van der Waals surface area (Å²) in [6, 6.07) is 5.89. The summed E-state index contributed by atoms with van der Waals surface area (Å²) in [6.45, 7) is 0. The van der Waals surface area contributed by atoms with E-state index in [4.69, 9.17) is 0 Å². The molecule has 0 aliphatic carbocycles. The minimum absolute atomic E-state index is 0.0672. The van der Waals surface area contributed by atoms with Crippen molar-refractivity contribution in [2.75, 3.05) is 17.7 Å². The molecule has 0 bridgehead atoms. The molecule has 2 N–H and O–H groups in total. The minimum Gasteiger partial charge on any atom is -0.371 e. The Kier molecular flexibility index (Phi) is 4.38. The van der Waals surface area contributed by atoms with Gasteiger partial charge in [-0.2, -0.15) is 18.3 Å². The van der Waals surface area contributed by atoms with E-state index >= 15 is 0 Å². The lowest BCUT2D eigenvalue weighted by molar-refractivity contribution is -0.137. The van der Waals surface area contributed by atoms with Crippen LogP contribution in [-0.4, -0.2) is 27.6 Å². The van der Waals surface area contributed by atoms with E-state index in [0.29, 0.717) is 11.7 Å². The van der Waals surface area contributed by atoms with E-state index in [1.165, 1.54) is 17.6 Å². The SMILES string of the molecule is CNc1ncc(C(F)(F)F)cc1NC(=O)c1cc2ccc(Br)cn2n1. The normalized spacial score (nSPS) is 11.6. The van der Waals surface area contributed by atoms with Crippen molar-refractivity contribution in [3.8, 4) is 0 Å². The Hall–Kier alpha value is -2.62. The van der Waals surface area contributed by atoms with Gasteiger partial charge >= 0.3 is 6.18 Å². The van der Waals surface area contributed by atoms with Crippen molar-refractivity contribution in [3.05, 3.63) is 52.4 Å². The van der Waals surface area contributed by atoms with Crippen LogP contribution in [0.5, 0.6) is 0 Å². The van der Waals surface area contributed by atoms with Crippen molar-refractivity contribution in [1.29, 1.82) is 0 Å². The quantitative estimate of drug-likeness (QED) is 0.684. The summed E-state index contributed by atoms with van der Waals surface area (Å²) in [4.78, 5) is 16.0. The Labute approximate surface area is 148 Å². The third-order valence-electron chi connectivity index (χ3n) is 3.36. The molecule has 10 heteroatoms. The molecule has 1 amide bonds. The first kappa shape index (κ1) is 17.2. The lowest BCUT2D eigenvalue weighted by Gasteiger charge is -2.12. The number of aromatic nitrogens is 3. The summed E-state index contributed by atoms with van der Waals surface area (Å²) in [5.41, 5.74) is -0.303. The standard InChI is InChI=1S/C15H11BrF3N5O/c1-20-13-11(4-8(6-21-13)15(17,18)19)22-14(25)12-5-10-3-2-9(16)7-24(10)23-12/h2-7H,1H3,(H,20,21)(H,22,25). The van der Waals surface area contributed by atoms with E-state index in [-0.39, 0.29) is 17.2 Å². The zero-order valence-corrected chi connectivity index (χ0v) is 14.3. The first-order chi connectivity index (χ1) is 11.8. The zero-order valence-electron chi connectivity index (χ0n) is 12.7. The molecule has 0 saturated carbocycles. The number of hydrogen-bond acceptors (Lipinski definition) is 4. The molecule has 130 valence electrons. The molecule has 0 atom stereocenters. The minimum atomic E-state index is -4.56. The number of nitrogens with zero attached hydrogens (tertiary/aromatic N) is 3. The fourth-order valence-corrected chi connectivity index (χ4v) is 2.50. The third kappa shape index (κ3) is 3.58. The molecular weight excluding hydrogens is 403 g/mol. The van der Waals surface area contributed by atoms with Crippen LogP contribution in [0.2, 0.25) is 0 Å². The number of anilines is 2. The summed E-state index contributed by atoms with van der Waals surface area (Å²) in [6.07, 6.45) is -2.20. The van der Waals surface area contributed by atoms with Crippen molar-refractivity contribution in [3.63, 3.8) is 0 Å². The molecule has 0 saturated heterocycles. The number of halogens is 4. The highest BCUT2D eigenvalue weighted by molar-refractivity contribution is 9.10. The molecule has 0 radical (unpaired) electrons. The van der Waals surface area contributed by atoms with Gasteiger partial charge in [0.05, 0.1) is 16.8 Å². The van der Waals surface area contributed by atoms with Crippen LogP contribution >= 0.6 is 15.9 Å². The van der Waals surface area contributed by atoms with Crippen molar-refractivity contribution in [2.24, 2.45) is 0 Å². The second-order valence-electron chi connectivity index (χ2n) is 5.07. The average molecular weight is 414 g/mol. The molecule has 3 aromatic rings. The molecule has 0 unspecified atom stereocenters. The molecule has 0 aliphatic heterocycles. The number of carbonyl (C=O) groups is 1. The first-order valence-corrected chi connectivity index (χ1v) is 7.78. The molecule has 0 spiro atoms. The fourth-order valence-electron chi connectivity index (χ4n) is 2.17. The molecule has 0 aliphatic rings. The number of pyridine rings is 2. The van der Waals surface area contributed by atoms with Gasteiger partial charge in [0, 0.05) is 23.9 Å². The molecule has 0 fully saturated rings. The van der Waals surface area contributed by atoms with Gasteiger partial charge in [0.15, 0.2) is 5.69 Å². The van der Waals surface area contributed by atoms with Gasteiger partial charge in [-0.1, -0.05) is 0 Å². The van der Waals surface area contributed by atoms with Crippen LogP contribution in [0.3, 0.4) is 0 Å². The molecular formula is C15H11BrF3N5O. The van der Waals surface area contributed by atoms with Gasteiger partial charge in [-0.25, -0.2) is 9.50 Å². The summed E-state index contributed by atoms with van der Waals surface area (Å²) in [5, 5.41) is 9.16. The molecule has 6 nitrogen and oxygen atoms in total. The van der Waals surface area contributed by atoms with Gasteiger partial charge < -0.3 is 10.6 Å². The Morgan fingerprint density at radius 1 is 1.28 bits per heavy atom. The lowest BCUT2D eigenvalue weighted by Crippen LogP contribution is -2.16. The van der Waals surface area contributed by atoms with E-state index in [9.17, 15) is 18.0 Å². The van der Waals surface area contributed by atoms with E-state index in [2.05, 4.69) is 36.6 Å². The molecule has 3 aromatic heterocycles. The predicted octanol–water partition coefficient (Wildman–Crippen LogP) is 3.80. The summed E-state index contributed by atoms with van der Waals surface area (Å²) in [7, 11) is 1.49. The number of fused-ring (bicyclic) bond motifs is 1. The fraction of sp³-hybridized carbons (Fsp3) is 0.133. The van der Waals surface area contributed by atoms with Crippen LogP contribution in [0.1, 0.15) is 16.1 Å². The lowest BCUT2D eigenvalue weighted by atomic mass is 10.2. The van der Waals surface area contributed by atoms with Crippen LogP contribution in [0.15, 0.2) is 41.1 Å². The second kappa shape index (κ2) is 6.36. The highest BCUT2D eigenvalue weighted by Gasteiger charge is 2.32. The van der Waals surface area contributed by atoms with Gasteiger partial charge in [-0.15, -0.1) is 0 Å². The topological polar surface area (TPSA) is 71.3 Å². The Morgan fingerprint density at radius 2 is 2.04 bits per heavy atom. The second-order valence-corrected chi connectivity index (χ2v) is 5.98. The molecule has 3 heterocycles. The maximum absolute atomic E-state index is 12.8. The number of hydrogen-bond donors (Lipinski definition) is 2.